The van der Waals surface area contributed by atoms with E-state index in [-0.39, 0.29) is 0 Å². The number of anilines is 1. The predicted octanol–water partition coefficient (Wildman–Crippen LogP) is 2.64. The first-order chi connectivity index (χ1) is 7.25. The van der Waals surface area contributed by atoms with Crippen LogP contribution in [-0.4, -0.2) is 10.2 Å². The van der Waals surface area contributed by atoms with Crippen LogP contribution in [0, 0.1) is 13.8 Å². The van der Waals surface area contributed by atoms with Crippen molar-refractivity contribution < 1.29 is 0 Å². The molecule has 3 heteroatoms. The minimum absolute atomic E-state index is 0.782. The topological polar surface area (TPSA) is 40.7 Å². The summed E-state index contributed by atoms with van der Waals surface area (Å²) in [5, 5.41) is 10.2. The van der Waals surface area contributed by atoms with Crippen LogP contribution >= 0.6 is 0 Å². The van der Waals surface area contributed by atoms with E-state index in [1.165, 1.54) is 16.8 Å². The second kappa shape index (κ2) is 4.17. The molecule has 0 spiro atoms. The molecule has 0 aliphatic heterocycles. The van der Waals surface area contributed by atoms with E-state index in [2.05, 4.69) is 47.6 Å². The fourth-order valence-electron chi connectivity index (χ4n) is 1.59. The summed E-state index contributed by atoms with van der Waals surface area (Å²) in [7, 11) is 0. The first-order valence-electron chi connectivity index (χ1n) is 5.05. The van der Waals surface area contributed by atoms with Gasteiger partial charge in [-0.25, -0.2) is 0 Å². The summed E-state index contributed by atoms with van der Waals surface area (Å²) in [6.45, 7) is 5.00. The molecular formula is C12H15N3. The molecule has 0 amide bonds. The maximum Gasteiger partial charge on any atom is 0.0567 e. The van der Waals surface area contributed by atoms with Crippen LogP contribution in [0.15, 0.2) is 30.5 Å². The van der Waals surface area contributed by atoms with Gasteiger partial charge in [0.15, 0.2) is 0 Å². The molecule has 0 saturated heterocycles. The van der Waals surface area contributed by atoms with Crippen molar-refractivity contribution in [2.75, 3.05) is 5.32 Å². The zero-order valence-corrected chi connectivity index (χ0v) is 9.04. The Morgan fingerprint density at radius 1 is 1.27 bits per heavy atom. The van der Waals surface area contributed by atoms with Gasteiger partial charge in [0.2, 0.25) is 0 Å². The quantitative estimate of drug-likeness (QED) is 0.801. The SMILES string of the molecule is Cc1ccc(NCc2ccn[nH]2)c(C)c1. The Morgan fingerprint density at radius 2 is 2.13 bits per heavy atom. The number of aromatic nitrogens is 2. The lowest BCUT2D eigenvalue weighted by Gasteiger charge is -2.08. The molecule has 3 nitrogen and oxygen atoms in total. The van der Waals surface area contributed by atoms with Crippen molar-refractivity contribution >= 4 is 5.69 Å². The van der Waals surface area contributed by atoms with Crippen LogP contribution in [0.5, 0.6) is 0 Å². The number of aryl methyl sites for hydroxylation is 2. The van der Waals surface area contributed by atoms with E-state index in [1.54, 1.807) is 6.20 Å². The van der Waals surface area contributed by atoms with Crippen molar-refractivity contribution in [2.45, 2.75) is 20.4 Å². The third-order valence-corrected chi connectivity index (χ3v) is 2.41. The molecule has 1 aromatic heterocycles. The van der Waals surface area contributed by atoms with Crippen LogP contribution < -0.4 is 5.32 Å². The molecule has 0 atom stereocenters. The van der Waals surface area contributed by atoms with Crippen molar-refractivity contribution in [3.05, 3.63) is 47.3 Å². The third kappa shape index (κ3) is 2.37. The van der Waals surface area contributed by atoms with Gasteiger partial charge in [0, 0.05) is 11.9 Å². The van der Waals surface area contributed by atoms with Crippen molar-refractivity contribution in [3.63, 3.8) is 0 Å². The predicted molar refractivity (Wildman–Crippen MR) is 61.8 cm³/mol. The Morgan fingerprint density at radius 3 is 2.80 bits per heavy atom. The monoisotopic (exact) mass is 201 g/mol. The highest BCUT2D eigenvalue weighted by Gasteiger charge is 1.98. The second-order valence-electron chi connectivity index (χ2n) is 3.75. The van der Waals surface area contributed by atoms with Crippen LogP contribution in [-0.2, 0) is 6.54 Å². The number of benzene rings is 1. The van der Waals surface area contributed by atoms with Crippen LogP contribution in [0.3, 0.4) is 0 Å². The summed E-state index contributed by atoms with van der Waals surface area (Å²) in [4.78, 5) is 0. The Bertz CT molecular complexity index is 432. The third-order valence-electron chi connectivity index (χ3n) is 2.41. The molecule has 15 heavy (non-hydrogen) atoms. The summed E-state index contributed by atoms with van der Waals surface area (Å²) < 4.78 is 0. The molecule has 0 unspecified atom stereocenters. The zero-order valence-electron chi connectivity index (χ0n) is 9.04. The van der Waals surface area contributed by atoms with Gasteiger partial charge in [-0.05, 0) is 31.5 Å². The number of nitrogens with zero attached hydrogens (tertiary/aromatic N) is 1. The molecule has 78 valence electrons. The molecule has 2 rings (SSSR count). The van der Waals surface area contributed by atoms with Gasteiger partial charge in [0.25, 0.3) is 0 Å². The minimum Gasteiger partial charge on any atom is -0.379 e. The zero-order chi connectivity index (χ0) is 10.7. The fraction of sp³-hybridized carbons (Fsp3) is 0.250. The molecule has 0 saturated carbocycles. The average molecular weight is 201 g/mol. The van der Waals surface area contributed by atoms with Gasteiger partial charge in [0.05, 0.1) is 12.2 Å². The largest absolute Gasteiger partial charge is 0.379 e. The minimum atomic E-state index is 0.782. The Labute approximate surface area is 89.5 Å². The van der Waals surface area contributed by atoms with Crippen LogP contribution in [0.25, 0.3) is 0 Å². The maximum atomic E-state index is 3.91. The summed E-state index contributed by atoms with van der Waals surface area (Å²) in [5.74, 6) is 0. The smallest absolute Gasteiger partial charge is 0.0567 e. The van der Waals surface area contributed by atoms with Gasteiger partial charge in [-0.15, -0.1) is 0 Å². The van der Waals surface area contributed by atoms with E-state index in [0.29, 0.717) is 0 Å². The molecule has 1 heterocycles. The first-order valence-corrected chi connectivity index (χ1v) is 5.05. The second-order valence-corrected chi connectivity index (χ2v) is 3.75. The van der Waals surface area contributed by atoms with E-state index in [4.69, 9.17) is 0 Å². The molecule has 2 aromatic rings. The van der Waals surface area contributed by atoms with Gasteiger partial charge in [0.1, 0.15) is 0 Å². The Balaban J connectivity index is 2.05. The number of nitrogens with one attached hydrogen (secondary N) is 2. The van der Waals surface area contributed by atoms with Gasteiger partial charge in [-0.2, -0.15) is 5.10 Å². The first kappa shape index (κ1) is 9.77. The summed E-state index contributed by atoms with van der Waals surface area (Å²) >= 11 is 0. The van der Waals surface area contributed by atoms with Crippen LogP contribution in [0.1, 0.15) is 16.8 Å². The summed E-state index contributed by atoms with van der Waals surface area (Å²) in [6, 6.07) is 8.37. The van der Waals surface area contributed by atoms with E-state index < -0.39 is 0 Å². The maximum absolute atomic E-state index is 3.91. The van der Waals surface area contributed by atoms with E-state index >= 15 is 0 Å². The van der Waals surface area contributed by atoms with Crippen molar-refractivity contribution in [2.24, 2.45) is 0 Å². The van der Waals surface area contributed by atoms with Gasteiger partial charge in [-0.1, -0.05) is 17.7 Å². The highest BCUT2D eigenvalue weighted by atomic mass is 15.1. The molecule has 0 fully saturated rings. The summed E-state index contributed by atoms with van der Waals surface area (Å²) in [5.41, 5.74) is 4.83. The van der Waals surface area contributed by atoms with Crippen molar-refractivity contribution in [3.8, 4) is 0 Å². The molecule has 1 aromatic carbocycles. The average Bonchev–Trinajstić information content (AvgIpc) is 2.69. The fourth-order valence-corrected chi connectivity index (χ4v) is 1.59. The van der Waals surface area contributed by atoms with Gasteiger partial charge in [-0.3, -0.25) is 5.10 Å². The lowest BCUT2D eigenvalue weighted by atomic mass is 10.1. The molecule has 0 aliphatic rings. The van der Waals surface area contributed by atoms with E-state index in [1.807, 2.05) is 6.07 Å². The van der Waals surface area contributed by atoms with Crippen molar-refractivity contribution in [1.29, 1.82) is 0 Å². The number of rotatable bonds is 3. The van der Waals surface area contributed by atoms with E-state index in [9.17, 15) is 0 Å². The lowest BCUT2D eigenvalue weighted by molar-refractivity contribution is 0.980. The molecular weight excluding hydrogens is 186 g/mol. The highest BCUT2D eigenvalue weighted by molar-refractivity contribution is 5.51. The van der Waals surface area contributed by atoms with Crippen LogP contribution in [0.4, 0.5) is 5.69 Å². The van der Waals surface area contributed by atoms with Gasteiger partial charge >= 0.3 is 0 Å². The van der Waals surface area contributed by atoms with E-state index in [0.717, 1.165) is 12.2 Å². The summed E-state index contributed by atoms with van der Waals surface area (Å²) in [6.07, 6.45) is 1.76. The highest BCUT2D eigenvalue weighted by Crippen LogP contribution is 2.16. The molecule has 0 radical (unpaired) electrons. The molecule has 2 N–H and O–H groups in total. The number of H-pyrrole nitrogens is 1. The Kier molecular flexibility index (Phi) is 2.72. The number of hydrogen-bond donors (Lipinski definition) is 2. The lowest BCUT2D eigenvalue weighted by Crippen LogP contribution is -2.01. The standard InChI is InChI=1S/C12H15N3/c1-9-3-4-12(10(2)7-9)13-8-11-5-6-14-15-11/h3-7,13H,8H2,1-2H3,(H,14,15). The number of aromatic amines is 1. The molecule has 0 bridgehead atoms. The van der Waals surface area contributed by atoms with Crippen molar-refractivity contribution in [1.82, 2.24) is 10.2 Å². The van der Waals surface area contributed by atoms with Crippen LogP contribution in [0.2, 0.25) is 0 Å². The van der Waals surface area contributed by atoms with Gasteiger partial charge < -0.3 is 5.32 Å². The number of hydrogen-bond acceptors (Lipinski definition) is 2. The normalized spacial score (nSPS) is 10.3. The molecule has 0 aliphatic carbocycles. The Hall–Kier alpha value is -1.77.